The van der Waals surface area contributed by atoms with Crippen LogP contribution in [0.2, 0.25) is 0 Å². The van der Waals surface area contributed by atoms with E-state index >= 15 is 0 Å². The summed E-state index contributed by atoms with van der Waals surface area (Å²) in [6.45, 7) is 3.72. The summed E-state index contributed by atoms with van der Waals surface area (Å²) in [4.78, 5) is 2.11. The van der Waals surface area contributed by atoms with Crippen LogP contribution in [-0.4, -0.2) is 40.0 Å². The van der Waals surface area contributed by atoms with Crippen LogP contribution in [0.15, 0.2) is 17.0 Å². The lowest BCUT2D eigenvalue weighted by Gasteiger charge is -2.29. The fourth-order valence-electron chi connectivity index (χ4n) is 2.70. The highest BCUT2D eigenvalue weighted by molar-refractivity contribution is 7.89. The van der Waals surface area contributed by atoms with E-state index in [0.717, 1.165) is 32.0 Å². The number of nitrogens with two attached hydrogens (primary N) is 1. The Morgan fingerprint density at radius 2 is 2.19 bits per heavy atom. The van der Waals surface area contributed by atoms with E-state index in [0.29, 0.717) is 6.54 Å². The topological polar surface area (TPSA) is 75.4 Å². The fourth-order valence-corrected chi connectivity index (χ4v) is 4.10. The van der Waals surface area contributed by atoms with Gasteiger partial charge < -0.3 is 10.6 Å². The molecule has 1 atom stereocenters. The summed E-state index contributed by atoms with van der Waals surface area (Å²) in [5.74, 6) is -0.322. The first kappa shape index (κ1) is 16.2. The van der Waals surface area contributed by atoms with Crippen molar-refractivity contribution in [3.63, 3.8) is 0 Å². The Morgan fingerprint density at radius 3 is 2.86 bits per heavy atom. The summed E-state index contributed by atoms with van der Waals surface area (Å²) >= 11 is 0. The van der Waals surface area contributed by atoms with E-state index in [9.17, 15) is 12.8 Å². The molecule has 0 aliphatic carbocycles. The standard InChI is InChI=1S/C14H22FN3O2S/c1-10-13(15)6-12(16)7-14(10)21(19,20)17-8-11-4-3-5-18(2)9-11/h6-7,11,17H,3-5,8-9,16H2,1-2H3. The summed E-state index contributed by atoms with van der Waals surface area (Å²) in [7, 11) is -1.72. The molecule has 0 bridgehead atoms. The Bertz CT molecular complexity index is 619. The Morgan fingerprint density at radius 1 is 1.48 bits per heavy atom. The molecule has 0 amide bonds. The monoisotopic (exact) mass is 315 g/mol. The number of benzene rings is 1. The number of anilines is 1. The molecular weight excluding hydrogens is 293 g/mol. The number of nitrogens with one attached hydrogen (secondary N) is 1. The molecule has 1 aliphatic rings. The zero-order chi connectivity index (χ0) is 15.6. The first-order valence-corrected chi connectivity index (χ1v) is 8.52. The van der Waals surface area contributed by atoms with Gasteiger partial charge in [0.1, 0.15) is 5.82 Å². The van der Waals surface area contributed by atoms with Crippen molar-refractivity contribution in [1.29, 1.82) is 0 Å². The van der Waals surface area contributed by atoms with Gasteiger partial charge >= 0.3 is 0 Å². The SMILES string of the molecule is Cc1c(F)cc(N)cc1S(=O)(=O)NCC1CCCN(C)C1. The summed E-state index contributed by atoms with van der Waals surface area (Å²) in [6, 6.07) is 2.43. The maximum absolute atomic E-state index is 13.6. The lowest BCUT2D eigenvalue weighted by atomic mass is 9.99. The minimum atomic E-state index is -3.74. The molecule has 0 saturated carbocycles. The molecule has 1 aliphatic heterocycles. The number of hydrogen-bond acceptors (Lipinski definition) is 4. The van der Waals surface area contributed by atoms with E-state index in [1.807, 2.05) is 7.05 Å². The third-order valence-electron chi connectivity index (χ3n) is 3.89. The number of nitrogens with zero attached hydrogens (tertiary/aromatic N) is 1. The van der Waals surface area contributed by atoms with E-state index in [4.69, 9.17) is 5.73 Å². The van der Waals surface area contributed by atoms with Crippen molar-refractivity contribution < 1.29 is 12.8 Å². The Kier molecular flexibility index (Phi) is 4.85. The van der Waals surface area contributed by atoms with Crippen molar-refractivity contribution in [3.8, 4) is 0 Å². The van der Waals surface area contributed by atoms with Crippen LogP contribution in [0.25, 0.3) is 0 Å². The summed E-state index contributed by atoms with van der Waals surface area (Å²) < 4.78 is 40.9. The summed E-state index contributed by atoms with van der Waals surface area (Å²) in [5.41, 5.74) is 5.75. The minimum absolute atomic E-state index is 0.0795. The minimum Gasteiger partial charge on any atom is -0.399 e. The van der Waals surface area contributed by atoms with E-state index in [2.05, 4.69) is 9.62 Å². The largest absolute Gasteiger partial charge is 0.399 e. The van der Waals surface area contributed by atoms with E-state index in [-0.39, 0.29) is 22.1 Å². The van der Waals surface area contributed by atoms with Gasteiger partial charge in [-0.05, 0) is 51.4 Å². The van der Waals surface area contributed by atoms with Crippen molar-refractivity contribution in [2.75, 3.05) is 32.4 Å². The number of piperidine rings is 1. The van der Waals surface area contributed by atoms with Gasteiger partial charge in [-0.25, -0.2) is 17.5 Å². The van der Waals surface area contributed by atoms with E-state index in [1.165, 1.54) is 13.0 Å². The number of likely N-dealkylation sites (tertiary alicyclic amines) is 1. The fraction of sp³-hybridized carbons (Fsp3) is 0.571. The normalized spacial score (nSPS) is 20.6. The van der Waals surface area contributed by atoms with Crippen LogP contribution < -0.4 is 10.5 Å². The molecule has 3 N–H and O–H groups in total. The number of sulfonamides is 1. The van der Waals surface area contributed by atoms with E-state index in [1.54, 1.807) is 0 Å². The van der Waals surface area contributed by atoms with Crippen molar-refractivity contribution >= 4 is 15.7 Å². The van der Waals surface area contributed by atoms with Crippen molar-refractivity contribution in [2.24, 2.45) is 5.92 Å². The molecule has 0 aromatic heterocycles. The molecule has 1 aromatic rings. The second-order valence-corrected chi connectivity index (χ2v) is 7.48. The molecule has 0 spiro atoms. The third-order valence-corrected chi connectivity index (χ3v) is 5.44. The highest BCUT2D eigenvalue weighted by Crippen LogP contribution is 2.22. The van der Waals surface area contributed by atoms with Crippen LogP contribution in [0.5, 0.6) is 0 Å². The van der Waals surface area contributed by atoms with Crippen LogP contribution in [0.4, 0.5) is 10.1 Å². The molecule has 1 fully saturated rings. The van der Waals surface area contributed by atoms with Crippen LogP contribution in [0.1, 0.15) is 18.4 Å². The molecule has 7 heteroatoms. The first-order valence-electron chi connectivity index (χ1n) is 7.03. The van der Waals surface area contributed by atoms with Gasteiger partial charge in [-0.3, -0.25) is 0 Å². The molecule has 21 heavy (non-hydrogen) atoms. The van der Waals surface area contributed by atoms with Gasteiger partial charge in [0, 0.05) is 24.3 Å². The van der Waals surface area contributed by atoms with Crippen molar-refractivity contribution in [1.82, 2.24) is 9.62 Å². The molecule has 1 aromatic carbocycles. The molecule has 2 rings (SSSR count). The molecule has 5 nitrogen and oxygen atoms in total. The smallest absolute Gasteiger partial charge is 0.241 e. The predicted octanol–water partition coefficient (Wildman–Crippen LogP) is 1.34. The Labute approximate surface area is 125 Å². The average Bonchev–Trinajstić information content (AvgIpc) is 2.41. The third kappa shape index (κ3) is 3.93. The maximum Gasteiger partial charge on any atom is 0.241 e. The lowest BCUT2D eigenvalue weighted by Crippen LogP contribution is -2.39. The van der Waals surface area contributed by atoms with Gasteiger partial charge in [0.2, 0.25) is 10.0 Å². The zero-order valence-corrected chi connectivity index (χ0v) is 13.2. The van der Waals surface area contributed by atoms with Gasteiger partial charge in [0.25, 0.3) is 0 Å². The lowest BCUT2D eigenvalue weighted by molar-refractivity contribution is 0.211. The predicted molar refractivity (Wildman–Crippen MR) is 81.0 cm³/mol. The highest BCUT2D eigenvalue weighted by atomic mass is 32.2. The molecule has 0 radical (unpaired) electrons. The Balaban J connectivity index is 2.12. The van der Waals surface area contributed by atoms with Gasteiger partial charge in [0.15, 0.2) is 0 Å². The van der Waals surface area contributed by atoms with Gasteiger partial charge in [-0.2, -0.15) is 0 Å². The second-order valence-electron chi connectivity index (χ2n) is 5.75. The number of rotatable bonds is 4. The first-order chi connectivity index (χ1) is 9.79. The van der Waals surface area contributed by atoms with Gasteiger partial charge in [-0.1, -0.05) is 0 Å². The maximum atomic E-state index is 13.6. The van der Waals surface area contributed by atoms with Crippen LogP contribution in [0, 0.1) is 18.7 Å². The molecule has 118 valence electrons. The van der Waals surface area contributed by atoms with Crippen LogP contribution in [-0.2, 0) is 10.0 Å². The highest BCUT2D eigenvalue weighted by Gasteiger charge is 2.23. The van der Waals surface area contributed by atoms with E-state index < -0.39 is 15.8 Å². The zero-order valence-electron chi connectivity index (χ0n) is 12.4. The summed E-state index contributed by atoms with van der Waals surface area (Å²) in [6.07, 6.45) is 2.06. The average molecular weight is 315 g/mol. The number of halogens is 1. The van der Waals surface area contributed by atoms with Gasteiger partial charge in [0.05, 0.1) is 4.90 Å². The van der Waals surface area contributed by atoms with Crippen molar-refractivity contribution in [3.05, 3.63) is 23.5 Å². The molecule has 1 saturated heterocycles. The van der Waals surface area contributed by atoms with Crippen molar-refractivity contribution in [2.45, 2.75) is 24.7 Å². The quantitative estimate of drug-likeness (QED) is 0.822. The molecule has 1 heterocycles. The number of hydrogen-bond donors (Lipinski definition) is 2. The Hall–Kier alpha value is -1.18. The second kappa shape index (κ2) is 6.29. The van der Waals surface area contributed by atoms with Crippen LogP contribution >= 0.6 is 0 Å². The number of nitrogen functional groups attached to an aromatic ring is 1. The molecular formula is C14H22FN3O2S. The van der Waals surface area contributed by atoms with Gasteiger partial charge in [-0.15, -0.1) is 0 Å². The summed E-state index contributed by atoms with van der Waals surface area (Å²) in [5, 5.41) is 0. The van der Waals surface area contributed by atoms with Crippen LogP contribution in [0.3, 0.4) is 0 Å². The molecule has 1 unspecified atom stereocenters.